The first-order valence-electron chi connectivity index (χ1n) is 6.92. The van der Waals surface area contributed by atoms with Crippen LogP contribution in [0.4, 0.5) is 0 Å². The molecule has 0 fully saturated rings. The highest BCUT2D eigenvalue weighted by Crippen LogP contribution is 2.18. The maximum absolute atomic E-state index is 12.1. The minimum absolute atomic E-state index is 0.156. The van der Waals surface area contributed by atoms with Crippen LogP contribution in [0.2, 0.25) is 0 Å². The predicted octanol–water partition coefficient (Wildman–Crippen LogP) is 2.17. The quantitative estimate of drug-likeness (QED) is 0.920. The van der Waals surface area contributed by atoms with E-state index in [-0.39, 0.29) is 17.4 Å². The number of thiazole rings is 1. The Bertz CT molecular complexity index is 690. The van der Waals surface area contributed by atoms with Crippen molar-refractivity contribution in [2.75, 3.05) is 6.54 Å². The molecule has 1 N–H and O–H groups in total. The van der Waals surface area contributed by atoms with Gasteiger partial charge in [-0.05, 0) is 19.9 Å². The van der Waals surface area contributed by atoms with Gasteiger partial charge in [-0.1, -0.05) is 6.92 Å². The Kier molecular flexibility index (Phi) is 4.90. The number of nitrogens with zero attached hydrogens (tertiary/aromatic N) is 2. The zero-order valence-electron chi connectivity index (χ0n) is 12.4. The van der Waals surface area contributed by atoms with E-state index >= 15 is 0 Å². The van der Waals surface area contributed by atoms with Crippen LogP contribution in [0.25, 0.3) is 0 Å². The average molecular weight is 305 g/mol. The second-order valence-electron chi connectivity index (χ2n) is 4.98. The number of rotatable bonds is 5. The van der Waals surface area contributed by atoms with Crippen LogP contribution in [-0.4, -0.2) is 22.0 Å². The minimum atomic E-state index is -0.226. The van der Waals surface area contributed by atoms with Gasteiger partial charge in [-0.15, -0.1) is 11.3 Å². The molecule has 21 heavy (non-hydrogen) atoms. The van der Waals surface area contributed by atoms with Crippen molar-refractivity contribution in [1.29, 1.82) is 0 Å². The molecule has 0 saturated heterocycles. The number of aryl methyl sites for hydroxylation is 2. The highest BCUT2D eigenvalue weighted by Gasteiger charge is 2.12. The van der Waals surface area contributed by atoms with Crippen LogP contribution >= 0.6 is 11.3 Å². The Morgan fingerprint density at radius 1 is 1.52 bits per heavy atom. The molecule has 2 aromatic rings. The Balaban J connectivity index is 1.98. The normalized spacial score (nSPS) is 12.1. The standard InChI is InChI=1S/C15H19N3O2S/c1-4-18-6-5-12(7-13(18)19)14(20)16-8-10(2)15-17-11(3)9-21-15/h5-7,9-10H,4,8H2,1-3H3,(H,16,20)/t10-/m0/s1. The van der Waals surface area contributed by atoms with Crippen LogP contribution in [0.15, 0.2) is 28.5 Å². The molecule has 112 valence electrons. The topological polar surface area (TPSA) is 64.0 Å². The molecule has 0 aliphatic carbocycles. The summed E-state index contributed by atoms with van der Waals surface area (Å²) in [7, 11) is 0. The fraction of sp³-hybridized carbons (Fsp3) is 0.400. The Morgan fingerprint density at radius 3 is 2.86 bits per heavy atom. The number of pyridine rings is 1. The largest absolute Gasteiger partial charge is 0.351 e. The molecule has 0 unspecified atom stereocenters. The van der Waals surface area contributed by atoms with Gasteiger partial charge in [0.05, 0.1) is 5.01 Å². The van der Waals surface area contributed by atoms with Gasteiger partial charge in [0, 0.05) is 47.9 Å². The van der Waals surface area contributed by atoms with Crippen LogP contribution in [0.1, 0.15) is 40.8 Å². The van der Waals surface area contributed by atoms with Crippen molar-refractivity contribution in [2.24, 2.45) is 0 Å². The molecule has 1 amide bonds. The molecule has 2 heterocycles. The van der Waals surface area contributed by atoms with Crippen molar-refractivity contribution in [1.82, 2.24) is 14.9 Å². The van der Waals surface area contributed by atoms with E-state index in [0.717, 1.165) is 10.7 Å². The SMILES string of the molecule is CCn1ccc(C(=O)NC[C@H](C)c2nc(C)cs2)cc1=O. The van der Waals surface area contributed by atoms with Crippen molar-refractivity contribution in [3.05, 3.63) is 50.3 Å². The van der Waals surface area contributed by atoms with Gasteiger partial charge < -0.3 is 9.88 Å². The first kappa shape index (κ1) is 15.4. The molecule has 0 radical (unpaired) electrons. The van der Waals surface area contributed by atoms with E-state index in [1.807, 2.05) is 26.2 Å². The molecule has 1 atom stereocenters. The zero-order valence-corrected chi connectivity index (χ0v) is 13.2. The smallest absolute Gasteiger partial charge is 0.251 e. The van der Waals surface area contributed by atoms with Gasteiger partial charge in [0.2, 0.25) is 0 Å². The van der Waals surface area contributed by atoms with E-state index in [1.54, 1.807) is 28.2 Å². The lowest BCUT2D eigenvalue weighted by Crippen LogP contribution is -2.29. The van der Waals surface area contributed by atoms with Crippen molar-refractivity contribution >= 4 is 17.2 Å². The fourth-order valence-electron chi connectivity index (χ4n) is 1.94. The number of amides is 1. The molecule has 0 aromatic carbocycles. The molecule has 0 spiro atoms. The highest BCUT2D eigenvalue weighted by atomic mass is 32.1. The first-order chi connectivity index (χ1) is 10.0. The van der Waals surface area contributed by atoms with E-state index in [4.69, 9.17) is 0 Å². The molecule has 0 saturated carbocycles. The van der Waals surface area contributed by atoms with Crippen LogP contribution in [0.5, 0.6) is 0 Å². The monoisotopic (exact) mass is 305 g/mol. The first-order valence-corrected chi connectivity index (χ1v) is 7.80. The molecule has 0 bridgehead atoms. The number of carbonyl (C=O) groups excluding carboxylic acids is 1. The van der Waals surface area contributed by atoms with Gasteiger partial charge >= 0.3 is 0 Å². The van der Waals surface area contributed by atoms with Gasteiger partial charge in [0.25, 0.3) is 11.5 Å². The van der Waals surface area contributed by atoms with Crippen LogP contribution < -0.4 is 10.9 Å². The maximum Gasteiger partial charge on any atom is 0.251 e. The van der Waals surface area contributed by atoms with Gasteiger partial charge in [0.15, 0.2) is 0 Å². The third-order valence-corrected chi connectivity index (χ3v) is 4.42. The Hall–Kier alpha value is -1.95. The van der Waals surface area contributed by atoms with Crippen LogP contribution in [0.3, 0.4) is 0 Å². The third kappa shape index (κ3) is 3.78. The van der Waals surface area contributed by atoms with Gasteiger partial charge in [0.1, 0.15) is 0 Å². The zero-order chi connectivity index (χ0) is 15.4. The lowest BCUT2D eigenvalue weighted by Gasteiger charge is -2.10. The Labute approximate surface area is 127 Å². The van der Waals surface area contributed by atoms with Crippen molar-refractivity contribution in [2.45, 2.75) is 33.2 Å². The average Bonchev–Trinajstić information content (AvgIpc) is 2.91. The van der Waals surface area contributed by atoms with Gasteiger partial charge in [-0.3, -0.25) is 9.59 Å². The fourth-order valence-corrected chi connectivity index (χ4v) is 2.80. The molecule has 0 aliphatic heterocycles. The summed E-state index contributed by atoms with van der Waals surface area (Å²) < 4.78 is 1.55. The Morgan fingerprint density at radius 2 is 2.29 bits per heavy atom. The minimum Gasteiger partial charge on any atom is -0.351 e. The third-order valence-electron chi connectivity index (χ3n) is 3.23. The van der Waals surface area contributed by atoms with Gasteiger partial charge in [-0.25, -0.2) is 4.98 Å². The van der Waals surface area contributed by atoms with E-state index in [9.17, 15) is 9.59 Å². The molecule has 2 aromatic heterocycles. The summed E-state index contributed by atoms with van der Waals surface area (Å²) in [6, 6.07) is 3.04. The summed E-state index contributed by atoms with van der Waals surface area (Å²) in [6.07, 6.45) is 1.64. The second-order valence-corrected chi connectivity index (χ2v) is 5.87. The maximum atomic E-state index is 12.1. The molecule has 5 nitrogen and oxygen atoms in total. The van der Waals surface area contributed by atoms with E-state index in [2.05, 4.69) is 10.3 Å². The van der Waals surface area contributed by atoms with Crippen LogP contribution in [0, 0.1) is 6.92 Å². The lowest BCUT2D eigenvalue weighted by molar-refractivity contribution is 0.0951. The summed E-state index contributed by atoms with van der Waals surface area (Å²) in [5.41, 5.74) is 1.23. The van der Waals surface area contributed by atoms with Crippen molar-refractivity contribution in [3.8, 4) is 0 Å². The molecular formula is C15H19N3O2S. The summed E-state index contributed by atoms with van der Waals surface area (Å²) in [5.74, 6) is -0.0702. The molecule has 0 aliphatic rings. The number of carbonyl (C=O) groups is 1. The summed E-state index contributed by atoms with van der Waals surface area (Å²) >= 11 is 1.60. The molecule has 6 heteroatoms. The van der Waals surface area contributed by atoms with Crippen molar-refractivity contribution in [3.63, 3.8) is 0 Å². The molecule has 2 rings (SSSR count). The lowest BCUT2D eigenvalue weighted by atomic mass is 10.2. The highest BCUT2D eigenvalue weighted by molar-refractivity contribution is 7.09. The number of nitrogens with one attached hydrogen (secondary N) is 1. The summed E-state index contributed by atoms with van der Waals surface area (Å²) in [4.78, 5) is 28.2. The number of hydrogen-bond donors (Lipinski definition) is 1. The van der Waals surface area contributed by atoms with E-state index in [0.29, 0.717) is 18.7 Å². The second kappa shape index (κ2) is 6.67. The van der Waals surface area contributed by atoms with Crippen molar-refractivity contribution < 1.29 is 4.79 Å². The van der Waals surface area contributed by atoms with E-state index < -0.39 is 0 Å². The summed E-state index contributed by atoms with van der Waals surface area (Å²) in [6.45, 7) is 6.96. The van der Waals surface area contributed by atoms with Gasteiger partial charge in [-0.2, -0.15) is 0 Å². The number of hydrogen-bond acceptors (Lipinski definition) is 4. The number of aromatic nitrogens is 2. The molecular weight excluding hydrogens is 286 g/mol. The van der Waals surface area contributed by atoms with E-state index in [1.165, 1.54) is 6.07 Å². The predicted molar refractivity (Wildman–Crippen MR) is 84.0 cm³/mol. The van der Waals surface area contributed by atoms with Crippen LogP contribution in [-0.2, 0) is 6.54 Å². The summed E-state index contributed by atoms with van der Waals surface area (Å²) in [5, 5.41) is 5.86.